The molecule has 2 bridgehead atoms. The lowest BCUT2D eigenvalue weighted by molar-refractivity contribution is -0.302. The fraction of sp³-hybridized carbons (Fsp3) is 0.818. The molecule has 3 fully saturated rings. The SMILES string of the molecule is COC1CC(C=C(C)C2OC(=O)C3CCCCN3C(=O)C(=O)C3(O)OC(C(OC)CC(C)CC(C)=CC(CC(O)CO)C(=O)CC(O)C2C)C(OC)CC3C)CCC1O. The second-order valence-electron chi connectivity index (χ2n) is 17.8. The van der Waals surface area contributed by atoms with Crippen LogP contribution in [0.1, 0.15) is 105 Å². The molecule has 336 valence electrons. The number of methoxy groups -OCH3 is 3. The van der Waals surface area contributed by atoms with Gasteiger partial charge < -0.3 is 54.1 Å². The second kappa shape index (κ2) is 22.0. The molecule has 59 heavy (non-hydrogen) atoms. The number of nitrogens with zero attached hydrogens (tertiary/aromatic N) is 1. The van der Waals surface area contributed by atoms with Crippen molar-refractivity contribution in [3.8, 4) is 0 Å². The van der Waals surface area contributed by atoms with Crippen LogP contribution in [-0.2, 0) is 42.9 Å². The summed E-state index contributed by atoms with van der Waals surface area (Å²) >= 11 is 0. The lowest BCUT2D eigenvalue weighted by Crippen LogP contribution is -2.64. The summed E-state index contributed by atoms with van der Waals surface area (Å²) in [5, 5.41) is 54.4. The van der Waals surface area contributed by atoms with Crippen molar-refractivity contribution in [3.63, 3.8) is 0 Å². The molecule has 15 heteroatoms. The van der Waals surface area contributed by atoms with Crippen LogP contribution in [0.2, 0.25) is 0 Å². The fourth-order valence-electron chi connectivity index (χ4n) is 9.61. The monoisotopic (exact) mass is 837 g/mol. The van der Waals surface area contributed by atoms with Crippen LogP contribution in [0.5, 0.6) is 0 Å². The van der Waals surface area contributed by atoms with Crippen LogP contribution >= 0.6 is 0 Å². The lowest BCUT2D eigenvalue weighted by Gasteiger charge is -2.47. The van der Waals surface area contributed by atoms with Crippen molar-refractivity contribution in [2.24, 2.45) is 29.6 Å². The van der Waals surface area contributed by atoms with E-state index >= 15 is 0 Å². The second-order valence-corrected chi connectivity index (χ2v) is 17.8. The highest BCUT2D eigenvalue weighted by molar-refractivity contribution is 6.39. The van der Waals surface area contributed by atoms with Gasteiger partial charge in [0.1, 0.15) is 24.0 Å². The van der Waals surface area contributed by atoms with E-state index in [0.29, 0.717) is 50.5 Å². The maximum Gasteiger partial charge on any atom is 0.329 e. The van der Waals surface area contributed by atoms with Crippen LogP contribution in [0.3, 0.4) is 0 Å². The molecule has 1 amide bonds. The maximum atomic E-state index is 14.3. The standard InChI is InChI=1S/C44H71NO14/c1-24-15-25(2)17-37(56-7)40-38(57-8)19-27(4)44(54,59-40)41(51)42(52)45-14-10-9-11-32(45)43(53)58-39(26(3)18-29-12-13-33(48)36(20-29)55-6)28(5)34(49)22-35(50)30(16-24)21-31(47)23-46/h16,18,25,27-34,36-40,46-49,54H,9-15,17,19-23H2,1-8H3. The first kappa shape index (κ1) is 49.1. The Balaban J connectivity index is 1.79. The summed E-state index contributed by atoms with van der Waals surface area (Å²) in [6, 6.07) is -1.19. The molecule has 1 aliphatic carbocycles. The number of esters is 1. The molecule has 0 spiro atoms. The molecule has 0 aromatic carbocycles. The highest BCUT2D eigenvalue weighted by Crippen LogP contribution is 2.39. The van der Waals surface area contributed by atoms with Gasteiger partial charge in [0.05, 0.1) is 43.2 Å². The van der Waals surface area contributed by atoms with E-state index in [4.69, 9.17) is 23.7 Å². The Morgan fingerprint density at radius 2 is 1.59 bits per heavy atom. The third-order valence-corrected chi connectivity index (χ3v) is 13.2. The van der Waals surface area contributed by atoms with Gasteiger partial charge in [-0.15, -0.1) is 0 Å². The highest BCUT2D eigenvalue weighted by Gasteiger charge is 2.56. The Bertz CT molecular complexity index is 1500. The first-order valence-corrected chi connectivity index (χ1v) is 21.5. The van der Waals surface area contributed by atoms with E-state index < -0.39 is 103 Å². The quantitative estimate of drug-likeness (QED) is 0.135. The third kappa shape index (κ3) is 12.1. The van der Waals surface area contributed by atoms with E-state index in [2.05, 4.69) is 0 Å². The summed E-state index contributed by atoms with van der Waals surface area (Å²) in [5.74, 6) is -8.67. The summed E-state index contributed by atoms with van der Waals surface area (Å²) in [7, 11) is 4.53. The van der Waals surface area contributed by atoms with Gasteiger partial charge >= 0.3 is 5.97 Å². The van der Waals surface area contributed by atoms with Gasteiger partial charge in [0, 0.05) is 52.0 Å². The zero-order chi connectivity index (χ0) is 43.8. The number of piperidine rings is 1. The van der Waals surface area contributed by atoms with Crippen molar-refractivity contribution in [2.45, 2.75) is 166 Å². The Morgan fingerprint density at radius 1 is 0.932 bits per heavy atom. The number of hydrogen-bond donors (Lipinski definition) is 5. The number of ether oxygens (including phenoxy) is 5. The number of amides is 1. The predicted octanol–water partition coefficient (Wildman–Crippen LogP) is 2.81. The van der Waals surface area contributed by atoms with E-state index in [0.717, 1.165) is 10.5 Å². The average Bonchev–Trinajstić information content (AvgIpc) is 3.21. The van der Waals surface area contributed by atoms with Gasteiger partial charge in [-0.3, -0.25) is 14.4 Å². The minimum absolute atomic E-state index is 0.0548. The highest BCUT2D eigenvalue weighted by atomic mass is 16.7. The van der Waals surface area contributed by atoms with Crippen LogP contribution in [0.25, 0.3) is 0 Å². The van der Waals surface area contributed by atoms with Gasteiger partial charge in [0.2, 0.25) is 5.79 Å². The first-order valence-electron chi connectivity index (χ1n) is 21.5. The Morgan fingerprint density at radius 3 is 2.24 bits per heavy atom. The molecule has 15 unspecified atom stereocenters. The largest absolute Gasteiger partial charge is 0.456 e. The zero-order valence-electron chi connectivity index (χ0n) is 36.3. The predicted molar refractivity (Wildman–Crippen MR) is 215 cm³/mol. The molecule has 15 atom stereocenters. The number of Topliss-reactive ketones (excluding diaryl/α,β-unsaturated/α-hetero) is 2. The average molecular weight is 838 g/mol. The molecule has 2 saturated heterocycles. The van der Waals surface area contributed by atoms with Crippen molar-refractivity contribution in [3.05, 3.63) is 23.3 Å². The van der Waals surface area contributed by atoms with Crippen LogP contribution in [0, 0.1) is 29.6 Å². The minimum Gasteiger partial charge on any atom is -0.456 e. The summed E-state index contributed by atoms with van der Waals surface area (Å²) in [6.45, 7) is 8.39. The molecular weight excluding hydrogens is 766 g/mol. The molecule has 0 aromatic rings. The summed E-state index contributed by atoms with van der Waals surface area (Å²) < 4.78 is 29.7. The number of ketones is 2. The molecule has 3 aliphatic heterocycles. The van der Waals surface area contributed by atoms with Gasteiger partial charge in [-0.25, -0.2) is 4.79 Å². The fourth-order valence-corrected chi connectivity index (χ4v) is 9.61. The first-order chi connectivity index (χ1) is 27.9. The number of carbonyl (C=O) groups excluding carboxylic acids is 4. The number of aliphatic hydroxyl groups is 5. The van der Waals surface area contributed by atoms with E-state index in [-0.39, 0.29) is 49.8 Å². The Labute approximate surface area is 349 Å². The smallest absolute Gasteiger partial charge is 0.329 e. The van der Waals surface area contributed by atoms with Gasteiger partial charge in [0.25, 0.3) is 11.7 Å². The van der Waals surface area contributed by atoms with Crippen molar-refractivity contribution in [2.75, 3.05) is 34.5 Å². The minimum atomic E-state index is -2.55. The van der Waals surface area contributed by atoms with Crippen LogP contribution in [0.15, 0.2) is 23.3 Å². The van der Waals surface area contributed by atoms with Crippen molar-refractivity contribution in [1.82, 2.24) is 4.90 Å². The number of carbonyl (C=O) groups is 4. The number of cyclic esters (lactones) is 1. The number of aliphatic hydroxyl groups excluding tert-OH is 4. The van der Waals surface area contributed by atoms with Crippen LogP contribution < -0.4 is 0 Å². The van der Waals surface area contributed by atoms with Gasteiger partial charge in [0.15, 0.2) is 0 Å². The van der Waals surface area contributed by atoms with Crippen molar-refractivity contribution >= 4 is 23.4 Å². The van der Waals surface area contributed by atoms with Crippen LogP contribution in [-0.4, -0.2) is 149 Å². The van der Waals surface area contributed by atoms with Gasteiger partial charge in [-0.05, 0) is 95.5 Å². The van der Waals surface area contributed by atoms with E-state index in [1.54, 1.807) is 26.8 Å². The van der Waals surface area contributed by atoms with E-state index in [1.165, 1.54) is 21.3 Å². The molecular formula is C44H71NO14. The Hall–Kier alpha value is -2.60. The van der Waals surface area contributed by atoms with Gasteiger partial charge in [-0.1, -0.05) is 38.5 Å². The van der Waals surface area contributed by atoms with Crippen molar-refractivity contribution in [1.29, 1.82) is 0 Å². The summed E-state index contributed by atoms with van der Waals surface area (Å²) in [4.78, 5) is 58.0. The number of fused-ring (bicyclic) bond motifs is 3. The van der Waals surface area contributed by atoms with Crippen LogP contribution in [0.4, 0.5) is 0 Å². The summed E-state index contributed by atoms with van der Waals surface area (Å²) in [6.07, 6.45) is 0.418. The molecule has 1 saturated carbocycles. The molecule has 15 nitrogen and oxygen atoms in total. The zero-order valence-corrected chi connectivity index (χ0v) is 36.3. The Kier molecular flexibility index (Phi) is 18.3. The molecule has 0 radical (unpaired) electrons. The molecule has 0 aromatic heterocycles. The number of rotatable bonds is 8. The number of allylic oxidation sites excluding steroid dienone is 3. The van der Waals surface area contributed by atoms with E-state index in [1.807, 2.05) is 19.9 Å². The summed E-state index contributed by atoms with van der Waals surface area (Å²) in [5.41, 5.74) is 1.41. The van der Waals surface area contributed by atoms with Gasteiger partial charge in [-0.2, -0.15) is 0 Å². The third-order valence-electron chi connectivity index (χ3n) is 13.2. The maximum absolute atomic E-state index is 14.3. The topological polar surface area (TPSA) is 219 Å². The van der Waals surface area contributed by atoms with E-state index in [9.17, 15) is 44.7 Å². The molecule has 4 rings (SSSR count). The molecule has 5 N–H and O–H groups in total. The lowest BCUT2D eigenvalue weighted by atomic mass is 9.81. The molecule has 4 aliphatic rings. The molecule has 3 heterocycles. The number of hydrogen-bond acceptors (Lipinski definition) is 14. The normalized spacial score (nSPS) is 39.7. The van der Waals surface area contributed by atoms with Crippen molar-refractivity contribution < 1.29 is 68.4 Å².